The van der Waals surface area contributed by atoms with Gasteiger partial charge in [0.1, 0.15) is 5.82 Å². The lowest BCUT2D eigenvalue weighted by Crippen LogP contribution is -2.53. The number of thioether (sulfide) groups is 1. The second-order valence-electron chi connectivity index (χ2n) is 4.63. The Bertz CT molecular complexity index is 410. The summed E-state index contributed by atoms with van der Waals surface area (Å²) in [7, 11) is 0. The van der Waals surface area contributed by atoms with Gasteiger partial charge in [0.2, 0.25) is 5.91 Å². The fourth-order valence-electron chi connectivity index (χ4n) is 1.84. The highest BCUT2D eigenvalue weighted by Gasteiger charge is 2.28. The lowest BCUT2D eigenvalue weighted by Gasteiger charge is -2.26. The molecular weight excluding hydrogens is 263 g/mol. The lowest BCUT2D eigenvalue weighted by atomic mass is 9.95. The standard InChI is InChI=1S/C14H21FN2OS/c1-3-17-14(2,13(16)18)9-4-10-19-12-7-5-11(15)6-8-12/h5-8,17H,3-4,9-10H2,1-2H3,(H2,16,18). The number of primary amides is 1. The quantitative estimate of drug-likeness (QED) is 0.570. The van der Waals surface area contributed by atoms with E-state index in [0.717, 1.165) is 17.1 Å². The maximum Gasteiger partial charge on any atom is 0.237 e. The van der Waals surface area contributed by atoms with Crippen molar-refractivity contribution < 1.29 is 9.18 Å². The summed E-state index contributed by atoms with van der Waals surface area (Å²) in [4.78, 5) is 12.5. The fraction of sp³-hybridized carbons (Fsp3) is 0.500. The van der Waals surface area contributed by atoms with Crippen molar-refractivity contribution in [3.8, 4) is 0 Å². The maximum atomic E-state index is 12.7. The summed E-state index contributed by atoms with van der Waals surface area (Å²) in [5, 5.41) is 3.13. The number of likely N-dealkylation sites (N-methyl/N-ethyl adjacent to an activating group) is 1. The molecule has 0 aliphatic rings. The van der Waals surface area contributed by atoms with Crippen molar-refractivity contribution in [1.29, 1.82) is 0 Å². The topological polar surface area (TPSA) is 55.1 Å². The highest BCUT2D eigenvalue weighted by atomic mass is 32.2. The van der Waals surface area contributed by atoms with Crippen LogP contribution >= 0.6 is 11.8 Å². The summed E-state index contributed by atoms with van der Waals surface area (Å²) < 4.78 is 12.7. The van der Waals surface area contributed by atoms with Crippen LogP contribution in [0.2, 0.25) is 0 Å². The van der Waals surface area contributed by atoms with Crippen molar-refractivity contribution in [3.05, 3.63) is 30.1 Å². The number of rotatable bonds is 8. The third kappa shape index (κ3) is 5.20. The van der Waals surface area contributed by atoms with Crippen molar-refractivity contribution in [2.24, 2.45) is 5.73 Å². The molecule has 0 bridgehead atoms. The summed E-state index contributed by atoms with van der Waals surface area (Å²) >= 11 is 1.65. The van der Waals surface area contributed by atoms with Crippen molar-refractivity contribution in [3.63, 3.8) is 0 Å². The van der Waals surface area contributed by atoms with Gasteiger partial charge >= 0.3 is 0 Å². The van der Waals surface area contributed by atoms with E-state index >= 15 is 0 Å². The van der Waals surface area contributed by atoms with Crippen LogP contribution in [0.3, 0.4) is 0 Å². The van der Waals surface area contributed by atoms with Gasteiger partial charge in [-0.25, -0.2) is 4.39 Å². The molecule has 1 aromatic rings. The van der Waals surface area contributed by atoms with Crippen LogP contribution in [0.1, 0.15) is 26.7 Å². The minimum atomic E-state index is -0.641. The van der Waals surface area contributed by atoms with Gasteiger partial charge < -0.3 is 11.1 Å². The molecule has 0 saturated heterocycles. The number of carbonyl (C=O) groups excluding carboxylic acids is 1. The van der Waals surface area contributed by atoms with E-state index in [4.69, 9.17) is 5.73 Å². The van der Waals surface area contributed by atoms with Gasteiger partial charge in [-0.2, -0.15) is 0 Å². The highest BCUT2D eigenvalue weighted by molar-refractivity contribution is 7.99. The highest BCUT2D eigenvalue weighted by Crippen LogP contribution is 2.21. The Kier molecular flexibility index (Phi) is 6.31. The van der Waals surface area contributed by atoms with Gasteiger partial charge in [0.15, 0.2) is 0 Å². The van der Waals surface area contributed by atoms with E-state index in [9.17, 15) is 9.18 Å². The largest absolute Gasteiger partial charge is 0.368 e. The molecule has 0 aliphatic carbocycles. The summed E-state index contributed by atoms with van der Waals surface area (Å²) in [5.41, 5.74) is 4.78. The number of hydrogen-bond donors (Lipinski definition) is 2. The molecule has 1 unspecified atom stereocenters. The van der Waals surface area contributed by atoms with Gasteiger partial charge in [-0.1, -0.05) is 6.92 Å². The molecule has 1 aromatic carbocycles. The zero-order valence-electron chi connectivity index (χ0n) is 11.4. The Morgan fingerprint density at radius 2 is 2.05 bits per heavy atom. The fourth-order valence-corrected chi connectivity index (χ4v) is 2.69. The first-order valence-corrected chi connectivity index (χ1v) is 7.40. The zero-order valence-corrected chi connectivity index (χ0v) is 12.2. The van der Waals surface area contributed by atoms with Gasteiger partial charge in [0.05, 0.1) is 5.54 Å². The molecule has 3 N–H and O–H groups in total. The number of hydrogen-bond acceptors (Lipinski definition) is 3. The predicted octanol–water partition coefficient (Wildman–Crippen LogP) is 2.55. The number of halogens is 1. The number of nitrogens with two attached hydrogens (primary N) is 1. The Labute approximate surface area is 118 Å². The minimum absolute atomic E-state index is 0.224. The number of carbonyl (C=O) groups is 1. The second-order valence-corrected chi connectivity index (χ2v) is 5.80. The molecule has 0 radical (unpaired) electrons. The van der Waals surface area contributed by atoms with Gasteiger partial charge in [0, 0.05) is 4.90 Å². The van der Waals surface area contributed by atoms with Gasteiger partial charge in [0.25, 0.3) is 0 Å². The second kappa shape index (κ2) is 7.50. The van der Waals surface area contributed by atoms with E-state index in [1.165, 1.54) is 12.1 Å². The van der Waals surface area contributed by atoms with Crippen molar-refractivity contribution in [2.75, 3.05) is 12.3 Å². The Morgan fingerprint density at radius 3 is 2.58 bits per heavy atom. The molecule has 5 heteroatoms. The third-order valence-electron chi connectivity index (χ3n) is 3.01. The van der Waals surface area contributed by atoms with Crippen molar-refractivity contribution in [2.45, 2.75) is 37.1 Å². The molecule has 0 spiro atoms. The molecular formula is C14H21FN2OS. The summed E-state index contributed by atoms with van der Waals surface area (Å²) in [5.74, 6) is 0.332. The molecule has 0 saturated carbocycles. The van der Waals surface area contributed by atoms with Crippen LogP contribution in [-0.4, -0.2) is 23.7 Å². The summed E-state index contributed by atoms with van der Waals surface area (Å²) in [6.07, 6.45) is 1.57. The molecule has 0 heterocycles. The van der Waals surface area contributed by atoms with E-state index in [1.807, 2.05) is 13.8 Å². The minimum Gasteiger partial charge on any atom is -0.368 e. The van der Waals surface area contributed by atoms with E-state index in [1.54, 1.807) is 23.9 Å². The zero-order chi connectivity index (χ0) is 14.3. The summed E-state index contributed by atoms with van der Waals surface area (Å²) in [6, 6.07) is 6.43. The normalized spacial score (nSPS) is 14.1. The molecule has 0 fully saturated rings. The van der Waals surface area contributed by atoms with Crippen LogP contribution < -0.4 is 11.1 Å². The third-order valence-corrected chi connectivity index (χ3v) is 4.11. The first-order chi connectivity index (χ1) is 8.98. The average molecular weight is 284 g/mol. The van der Waals surface area contributed by atoms with Crippen LogP contribution in [0, 0.1) is 5.82 Å². The predicted molar refractivity (Wildman–Crippen MR) is 77.6 cm³/mol. The van der Waals surface area contributed by atoms with Gasteiger partial charge in [-0.15, -0.1) is 11.8 Å². The molecule has 3 nitrogen and oxygen atoms in total. The number of nitrogens with one attached hydrogen (secondary N) is 1. The van der Waals surface area contributed by atoms with Gasteiger partial charge in [-0.05, 0) is 56.3 Å². The molecule has 0 aliphatic heterocycles. The van der Waals surface area contributed by atoms with Crippen LogP contribution in [0.5, 0.6) is 0 Å². The molecule has 1 atom stereocenters. The molecule has 1 rings (SSSR count). The Hall–Kier alpha value is -1.07. The van der Waals surface area contributed by atoms with E-state index in [2.05, 4.69) is 5.32 Å². The first kappa shape index (κ1) is 16.0. The molecule has 1 amide bonds. The first-order valence-electron chi connectivity index (χ1n) is 6.41. The van der Waals surface area contributed by atoms with Crippen molar-refractivity contribution in [1.82, 2.24) is 5.32 Å². The Balaban J connectivity index is 2.36. The maximum absolute atomic E-state index is 12.7. The van der Waals surface area contributed by atoms with Crippen LogP contribution in [0.4, 0.5) is 4.39 Å². The monoisotopic (exact) mass is 284 g/mol. The van der Waals surface area contributed by atoms with Gasteiger partial charge in [-0.3, -0.25) is 4.79 Å². The Morgan fingerprint density at radius 1 is 1.42 bits per heavy atom. The molecule has 19 heavy (non-hydrogen) atoms. The van der Waals surface area contributed by atoms with Crippen LogP contribution in [0.25, 0.3) is 0 Å². The SMILES string of the molecule is CCNC(C)(CCCSc1ccc(F)cc1)C(N)=O. The smallest absolute Gasteiger partial charge is 0.237 e. The van der Waals surface area contributed by atoms with Crippen LogP contribution in [-0.2, 0) is 4.79 Å². The number of benzene rings is 1. The van der Waals surface area contributed by atoms with E-state index < -0.39 is 5.54 Å². The van der Waals surface area contributed by atoms with Crippen molar-refractivity contribution >= 4 is 17.7 Å². The lowest BCUT2D eigenvalue weighted by molar-refractivity contribution is -0.124. The van der Waals surface area contributed by atoms with Crippen LogP contribution in [0.15, 0.2) is 29.2 Å². The van der Waals surface area contributed by atoms with E-state index in [-0.39, 0.29) is 11.7 Å². The van der Waals surface area contributed by atoms with E-state index in [0.29, 0.717) is 13.0 Å². The molecule has 0 aromatic heterocycles. The summed E-state index contributed by atoms with van der Waals surface area (Å²) in [6.45, 7) is 4.50. The number of amides is 1. The average Bonchev–Trinajstić information content (AvgIpc) is 2.37. The molecule has 106 valence electrons.